The number of Topliss-reactive ketones (excluding diaryl/α,β-unsaturated/α-hetero) is 1. The van der Waals surface area contributed by atoms with Gasteiger partial charge in [-0.05, 0) is 26.0 Å². The number of ketones is 1. The van der Waals surface area contributed by atoms with Gasteiger partial charge in [-0.2, -0.15) is 0 Å². The Morgan fingerprint density at radius 1 is 1.60 bits per heavy atom. The zero-order valence-electron chi connectivity index (χ0n) is 8.79. The number of carbonyl (C=O) groups excluding carboxylic acids is 1. The van der Waals surface area contributed by atoms with Crippen molar-refractivity contribution in [1.29, 1.82) is 0 Å². The van der Waals surface area contributed by atoms with E-state index in [0.29, 0.717) is 23.6 Å². The van der Waals surface area contributed by atoms with Gasteiger partial charge in [-0.3, -0.25) is 4.79 Å². The van der Waals surface area contributed by atoms with E-state index >= 15 is 0 Å². The van der Waals surface area contributed by atoms with Crippen molar-refractivity contribution in [3.63, 3.8) is 0 Å². The summed E-state index contributed by atoms with van der Waals surface area (Å²) in [6, 6.07) is 5.38. The predicted octanol–water partition coefficient (Wildman–Crippen LogP) is 2.69. The predicted molar refractivity (Wildman–Crippen MR) is 64.4 cm³/mol. The van der Waals surface area contributed by atoms with Crippen molar-refractivity contribution < 1.29 is 9.53 Å². The van der Waals surface area contributed by atoms with E-state index in [1.165, 1.54) is 6.92 Å². The number of alkyl halides is 1. The van der Waals surface area contributed by atoms with Crippen LogP contribution in [0.2, 0.25) is 0 Å². The smallest absolute Gasteiger partial charge is 0.148 e. The van der Waals surface area contributed by atoms with E-state index in [2.05, 4.69) is 15.9 Å². The molecule has 15 heavy (non-hydrogen) atoms. The number of hydrogen-bond donors (Lipinski definition) is 1. The fourth-order valence-electron chi connectivity index (χ4n) is 1.32. The zero-order valence-corrected chi connectivity index (χ0v) is 10.4. The number of hydrogen-bond acceptors (Lipinski definition) is 3. The first-order valence-corrected chi connectivity index (χ1v) is 5.65. The molecular formula is C11H14BrNO2. The van der Waals surface area contributed by atoms with Gasteiger partial charge in [-0.25, -0.2) is 0 Å². The van der Waals surface area contributed by atoms with E-state index in [0.717, 1.165) is 0 Å². The van der Waals surface area contributed by atoms with Crippen molar-refractivity contribution in [2.24, 2.45) is 0 Å². The van der Waals surface area contributed by atoms with Crippen molar-refractivity contribution in [3.8, 4) is 5.75 Å². The van der Waals surface area contributed by atoms with E-state index in [-0.39, 0.29) is 5.78 Å². The Hall–Kier alpha value is -1.03. The molecule has 4 heteroatoms. The van der Waals surface area contributed by atoms with Crippen molar-refractivity contribution in [2.45, 2.75) is 18.7 Å². The van der Waals surface area contributed by atoms with Crippen molar-refractivity contribution in [2.75, 3.05) is 12.3 Å². The lowest BCUT2D eigenvalue weighted by atomic mass is 10.1. The second kappa shape index (κ2) is 5.16. The number of nitrogen functional groups attached to an aromatic ring is 1. The number of halogens is 1. The Labute approximate surface area is 97.7 Å². The van der Waals surface area contributed by atoms with Crippen LogP contribution in [0.1, 0.15) is 24.2 Å². The topological polar surface area (TPSA) is 52.3 Å². The van der Waals surface area contributed by atoms with Crippen LogP contribution in [0.3, 0.4) is 0 Å². The van der Waals surface area contributed by atoms with E-state index in [4.69, 9.17) is 10.5 Å². The molecule has 2 N–H and O–H groups in total. The van der Waals surface area contributed by atoms with Gasteiger partial charge >= 0.3 is 0 Å². The molecule has 0 aromatic heterocycles. The molecule has 3 nitrogen and oxygen atoms in total. The summed E-state index contributed by atoms with van der Waals surface area (Å²) in [6.07, 6.45) is 0. The molecule has 0 radical (unpaired) electrons. The second-order valence-corrected chi connectivity index (χ2v) is 4.08. The molecule has 0 bridgehead atoms. The molecule has 1 atom stereocenters. The number of rotatable bonds is 4. The Morgan fingerprint density at radius 2 is 2.27 bits per heavy atom. The minimum Gasteiger partial charge on any atom is -0.493 e. The highest BCUT2D eigenvalue weighted by Gasteiger charge is 2.20. The Morgan fingerprint density at radius 3 is 2.80 bits per heavy atom. The monoisotopic (exact) mass is 271 g/mol. The molecule has 1 unspecified atom stereocenters. The molecule has 1 rings (SSSR count). The largest absolute Gasteiger partial charge is 0.493 e. The molecule has 0 saturated carbocycles. The fourth-order valence-corrected chi connectivity index (χ4v) is 1.81. The van der Waals surface area contributed by atoms with Crippen molar-refractivity contribution >= 4 is 27.4 Å². The van der Waals surface area contributed by atoms with Crippen LogP contribution in [0.5, 0.6) is 5.75 Å². The Balaban J connectivity index is 3.17. The van der Waals surface area contributed by atoms with Crippen LogP contribution >= 0.6 is 15.9 Å². The Bertz CT molecular complexity index is 366. The highest BCUT2D eigenvalue weighted by Crippen LogP contribution is 2.36. The molecule has 0 spiro atoms. The lowest BCUT2D eigenvalue weighted by molar-refractivity contribution is -0.116. The van der Waals surface area contributed by atoms with Crippen LogP contribution in [-0.2, 0) is 4.79 Å². The molecule has 0 amide bonds. The first-order chi connectivity index (χ1) is 7.07. The van der Waals surface area contributed by atoms with E-state index in [9.17, 15) is 4.79 Å². The number of anilines is 1. The number of carbonyl (C=O) groups is 1. The zero-order chi connectivity index (χ0) is 11.4. The van der Waals surface area contributed by atoms with Crippen LogP contribution in [0.15, 0.2) is 18.2 Å². The van der Waals surface area contributed by atoms with E-state index in [1.54, 1.807) is 6.07 Å². The average Bonchev–Trinajstić information content (AvgIpc) is 2.17. The molecule has 0 aliphatic rings. The van der Waals surface area contributed by atoms with Crippen molar-refractivity contribution in [3.05, 3.63) is 23.8 Å². The normalized spacial score (nSPS) is 12.2. The number of ether oxygens (including phenoxy) is 1. The molecular weight excluding hydrogens is 258 g/mol. The number of nitrogens with two attached hydrogens (primary N) is 1. The minimum absolute atomic E-state index is 0.00820. The van der Waals surface area contributed by atoms with Gasteiger partial charge < -0.3 is 10.5 Å². The maximum atomic E-state index is 11.3. The first-order valence-electron chi connectivity index (χ1n) is 4.73. The van der Waals surface area contributed by atoms with Crippen LogP contribution in [0, 0.1) is 0 Å². The SMILES string of the molecule is CCOc1cccc(N)c1C(Br)C(C)=O. The van der Waals surface area contributed by atoms with Crippen LogP contribution in [0.4, 0.5) is 5.69 Å². The maximum Gasteiger partial charge on any atom is 0.148 e. The third kappa shape index (κ3) is 2.72. The maximum absolute atomic E-state index is 11.3. The van der Waals surface area contributed by atoms with Gasteiger partial charge in [0.25, 0.3) is 0 Å². The third-order valence-electron chi connectivity index (χ3n) is 2.01. The van der Waals surface area contributed by atoms with Crippen LogP contribution in [0.25, 0.3) is 0 Å². The highest BCUT2D eigenvalue weighted by molar-refractivity contribution is 9.09. The van der Waals surface area contributed by atoms with E-state index in [1.807, 2.05) is 19.1 Å². The molecule has 0 heterocycles. The summed E-state index contributed by atoms with van der Waals surface area (Å²) in [7, 11) is 0. The fraction of sp³-hybridized carbons (Fsp3) is 0.364. The van der Waals surface area contributed by atoms with Gasteiger partial charge in [0.05, 0.1) is 6.61 Å². The summed E-state index contributed by atoms with van der Waals surface area (Å²) in [5, 5.41) is 0. The lowest BCUT2D eigenvalue weighted by Gasteiger charge is -2.15. The van der Waals surface area contributed by atoms with Crippen molar-refractivity contribution in [1.82, 2.24) is 0 Å². The Kier molecular flexibility index (Phi) is 4.15. The summed E-state index contributed by atoms with van der Waals surface area (Å²) in [6.45, 7) is 3.96. The van der Waals surface area contributed by atoms with Gasteiger partial charge in [-0.1, -0.05) is 22.0 Å². The van der Waals surface area contributed by atoms with Crippen LogP contribution in [-0.4, -0.2) is 12.4 Å². The molecule has 0 saturated heterocycles. The molecule has 82 valence electrons. The summed E-state index contributed by atoms with van der Waals surface area (Å²) in [5.74, 6) is 0.670. The van der Waals surface area contributed by atoms with Gasteiger partial charge in [-0.15, -0.1) is 0 Å². The minimum atomic E-state index is -0.403. The van der Waals surface area contributed by atoms with Gasteiger partial charge in [0.1, 0.15) is 16.4 Å². The first kappa shape index (κ1) is 12.0. The lowest BCUT2D eigenvalue weighted by Crippen LogP contribution is -2.07. The second-order valence-electron chi connectivity index (χ2n) is 3.17. The number of benzene rings is 1. The van der Waals surface area contributed by atoms with Crippen LogP contribution < -0.4 is 10.5 Å². The van der Waals surface area contributed by atoms with E-state index < -0.39 is 4.83 Å². The third-order valence-corrected chi connectivity index (χ3v) is 3.11. The molecule has 1 aromatic rings. The summed E-state index contributed by atoms with van der Waals surface area (Å²) in [5.41, 5.74) is 7.11. The summed E-state index contributed by atoms with van der Waals surface area (Å²) >= 11 is 3.31. The molecule has 0 fully saturated rings. The standard InChI is InChI=1S/C11H14BrNO2/c1-3-15-9-6-4-5-8(13)10(9)11(12)7(2)14/h4-6,11H,3,13H2,1-2H3. The highest BCUT2D eigenvalue weighted by atomic mass is 79.9. The summed E-state index contributed by atoms with van der Waals surface area (Å²) in [4.78, 5) is 10.9. The molecule has 1 aromatic carbocycles. The summed E-state index contributed by atoms with van der Waals surface area (Å²) < 4.78 is 5.43. The molecule has 0 aliphatic heterocycles. The van der Waals surface area contributed by atoms with Gasteiger partial charge in [0.2, 0.25) is 0 Å². The average molecular weight is 272 g/mol. The molecule has 0 aliphatic carbocycles. The quantitative estimate of drug-likeness (QED) is 0.677. The van der Waals surface area contributed by atoms with Gasteiger partial charge in [0, 0.05) is 11.3 Å². The van der Waals surface area contributed by atoms with Gasteiger partial charge in [0.15, 0.2) is 0 Å².